The van der Waals surface area contributed by atoms with Crippen LogP contribution in [0.1, 0.15) is 41.6 Å². The van der Waals surface area contributed by atoms with Crippen molar-refractivity contribution in [1.29, 1.82) is 0 Å². The molecule has 4 heteroatoms. The van der Waals surface area contributed by atoms with Crippen LogP contribution < -0.4 is 4.90 Å². The van der Waals surface area contributed by atoms with Gasteiger partial charge in [-0.05, 0) is 55.0 Å². The fourth-order valence-corrected chi connectivity index (χ4v) is 4.34. The van der Waals surface area contributed by atoms with E-state index < -0.39 is 11.9 Å². The summed E-state index contributed by atoms with van der Waals surface area (Å²) >= 11 is 0. The first kappa shape index (κ1) is 18.5. The Hall–Kier alpha value is -2.88. The molecule has 0 fully saturated rings. The smallest absolute Gasteiger partial charge is 0.310 e. The Morgan fingerprint density at radius 1 is 1.21 bits per heavy atom. The Bertz CT molecular complexity index is 1010. The summed E-state index contributed by atoms with van der Waals surface area (Å²) < 4.78 is 0. The second kappa shape index (κ2) is 7.63. The van der Waals surface area contributed by atoms with Crippen LogP contribution in [-0.4, -0.2) is 29.1 Å². The van der Waals surface area contributed by atoms with Gasteiger partial charge in [-0.2, -0.15) is 0 Å². The van der Waals surface area contributed by atoms with Crippen LogP contribution in [0, 0.1) is 6.92 Å². The zero-order valence-corrected chi connectivity index (χ0v) is 16.5. The van der Waals surface area contributed by atoms with Gasteiger partial charge in [0.2, 0.25) is 0 Å². The molecule has 4 nitrogen and oxygen atoms in total. The van der Waals surface area contributed by atoms with Gasteiger partial charge in [0.05, 0.1) is 17.1 Å². The van der Waals surface area contributed by atoms with E-state index in [-0.39, 0.29) is 0 Å². The molecule has 3 aromatic rings. The van der Waals surface area contributed by atoms with Crippen molar-refractivity contribution in [3.8, 4) is 0 Å². The van der Waals surface area contributed by atoms with Crippen LogP contribution in [0.4, 0.5) is 5.69 Å². The van der Waals surface area contributed by atoms with Gasteiger partial charge in [0.15, 0.2) is 0 Å². The molecular weight excluding hydrogens is 348 g/mol. The van der Waals surface area contributed by atoms with Crippen LogP contribution in [0.15, 0.2) is 48.5 Å². The minimum absolute atomic E-state index is 0.472. The second-order valence-electron chi connectivity index (χ2n) is 7.57. The Balaban J connectivity index is 1.74. The molecule has 0 aliphatic carbocycles. The van der Waals surface area contributed by atoms with E-state index in [4.69, 9.17) is 4.98 Å². The van der Waals surface area contributed by atoms with E-state index in [1.54, 1.807) is 0 Å². The molecule has 2 heterocycles. The molecule has 28 heavy (non-hydrogen) atoms. The number of fused-ring (bicyclic) bond motifs is 3. The molecule has 1 atom stereocenters. The summed E-state index contributed by atoms with van der Waals surface area (Å²) in [5, 5.41) is 10.7. The van der Waals surface area contributed by atoms with Gasteiger partial charge >= 0.3 is 5.97 Å². The van der Waals surface area contributed by atoms with Gasteiger partial charge in [0, 0.05) is 24.2 Å². The lowest BCUT2D eigenvalue weighted by Gasteiger charge is -2.22. The van der Waals surface area contributed by atoms with Crippen LogP contribution in [0.2, 0.25) is 0 Å². The first-order valence-corrected chi connectivity index (χ1v) is 10.0. The summed E-state index contributed by atoms with van der Waals surface area (Å²) in [6.45, 7) is 5.95. The number of carboxylic acids is 1. The van der Waals surface area contributed by atoms with Crippen molar-refractivity contribution < 1.29 is 9.90 Å². The molecule has 0 spiro atoms. The number of benzene rings is 2. The molecule has 0 saturated carbocycles. The van der Waals surface area contributed by atoms with E-state index in [1.165, 1.54) is 16.8 Å². The first-order chi connectivity index (χ1) is 13.6. The Labute approximate surface area is 165 Å². The largest absolute Gasteiger partial charge is 0.481 e. The molecule has 144 valence electrons. The van der Waals surface area contributed by atoms with Gasteiger partial charge in [-0.1, -0.05) is 43.3 Å². The standard InChI is InChI=1S/C24H26N2O2/c1-3-19(24(27)28)18-9-10-22-21(15-18)23-20(16(2)25-22)12-14-26(23)13-11-17-7-5-4-6-8-17/h4-10,15,19H,3,11-14H2,1-2H3,(H,27,28). The molecule has 0 bridgehead atoms. The third-order valence-corrected chi connectivity index (χ3v) is 5.86. The molecule has 2 aromatic carbocycles. The van der Waals surface area contributed by atoms with Gasteiger partial charge in [0.25, 0.3) is 0 Å². The number of aryl methyl sites for hydroxylation is 1. The molecule has 0 radical (unpaired) electrons. The molecule has 1 aliphatic heterocycles. The van der Waals surface area contributed by atoms with Crippen molar-refractivity contribution in [2.24, 2.45) is 0 Å². The van der Waals surface area contributed by atoms with Crippen molar-refractivity contribution in [1.82, 2.24) is 4.98 Å². The van der Waals surface area contributed by atoms with Crippen LogP contribution in [0.3, 0.4) is 0 Å². The van der Waals surface area contributed by atoms with E-state index in [0.29, 0.717) is 6.42 Å². The lowest BCUT2D eigenvalue weighted by Crippen LogP contribution is -2.23. The summed E-state index contributed by atoms with van der Waals surface area (Å²) in [5.74, 6) is -1.24. The van der Waals surface area contributed by atoms with Gasteiger partial charge < -0.3 is 10.0 Å². The normalized spacial score (nSPS) is 14.3. The Morgan fingerprint density at radius 2 is 2.00 bits per heavy atom. The number of pyridine rings is 1. The number of aliphatic carboxylic acids is 1. The van der Waals surface area contributed by atoms with E-state index in [2.05, 4.69) is 42.2 Å². The monoisotopic (exact) mass is 374 g/mol. The average molecular weight is 374 g/mol. The average Bonchev–Trinajstić information content (AvgIpc) is 3.13. The maximum Gasteiger partial charge on any atom is 0.310 e. The number of rotatable bonds is 6. The number of carbonyl (C=O) groups is 1. The van der Waals surface area contributed by atoms with Crippen molar-refractivity contribution in [2.45, 2.75) is 39.0 Å². The fraction of sp³-hybridized carbons (Fsp3) is 0.333. The van der Waals surface area contributed by atoms with Crippen LogP contribution in [0.25, 0.3) is 10.9 Å². The van der Waals surface area contributed by atoms with Crippen LogP contribution in [0.5, 0.6) is 0 Å². The van der Waals surface area contributed by atoms with Crippen molar-refractivity contribution in [2.75, 3.05) is 18.0 Å². The lowest BCUT2D eigenvalue weighted by molar-refractivity contribution is -0.138. The molecule has 0 saturated heterocycles. The van der Waals surface area contributed by atoms with Gasteiger partial charge in [-0.15, -0.1) is 0 Å². The molecule has 0 amide bonds. The first-order valence-electron chi connectivity index (χ1n) is 10.0. The lowest BCUT2D eigenvalue weighted by atomic mass is 9.94. The number of hydrogen-bond donors (Lipinski definition) is 1. The number of aromatic nitrogens is 1. The van der Waals surface area contributed by atoms with E-state index in [1.807, 2.05) is 25.1 Å². The molecule has 1 aromatic heterocycles. The third kappa shape index (κ3) is 3.35. The Morgan fingerprint density at radius 3 is 2.71 bits per heavy atom. The summed E-state index contributed by atoms with van der Waals surface area (Å²) in [5.41, 5.74) is 6.80. The van der Waals surface area contributed by atoms with Gasteiger partial charge in [-0.25, -0.2) is 0 Å². The summed E-state index contributed by atoms with van der Waals surface area (Å²) in [6.07, 6.45) is 2.58. The maximum absolute atomic E-state index is 11.7. The molecule has 1 N–H and O–H groups in total. The highest BCUT2D eigenvalue weighted by molar-refractivity contribution is 5.96. The highest BCUT2D eigenvalue weighted by atomic mass is 16.4. The minimum Gasteiger partial charge on any atom is -0.481 e. The number of nitrogens with zero attached hydrogens (tertiary/aromatic N) is 2. The number of carboxylic acid groups (broad SMARTS) is 1. The predicted molar refractivity (Wildman–Crippen MR) is 113 cm³/mol. The second-order valence-corrected chi connectivity index (χ2v) is 7.57. The quantitative estimate of drug-likeness (QED) is 0.678. The van der Waals surface area contributed by atoms with Crippen LogP contribution in [-0.2, 0) is 17.6 Å². The highest BCUT2D eigenvalue weighted by Gasteiger charge is 2.26. The SMILES string of the molecule is CCC(C(=O)O)c1ccc2nc(C)c3c(c2c1)N(CCc1ccccc1)CC3. The summed E-state index contributed by atoms with van der Waals surface area (Å²) in [6, 6.07) is 16.5. The molecule has 1 unspecified atom stereocenters. The number of anilines is 1. The van der Waals surface area contributed by atoms with E-state index in [0.717, 1.165) is 48.1 Å². The highest BCUT2D eigenvalue weighted by Crippen LogP contribution is 2.38. The minimum atomic E-state index is -0.764. The molecule has 1 aliphatic rings. The van der Waals surface area contributed by atoms with E-state index >= 15 is 0 Å². The maximum atomic E-state index is 11.7. The Kier molecular flexibility index (Phi) is 5.03. The molecule has 4 rings (SSSR count). The van der Waals surface area contributed by atoms with Crippen molar-refractivity contribution >= 4 is 22.6 Å². The summed E-state index contributed by atoms with van der Waals surface area (Å²) in [4.78, 5) is 18.9. The van der Waals surface area contributed by atoms with Crippen molar-refractivity contribution in [3.63, 3.8) is 0 Å². The fourth-order valence-electron chi connectivity index (χ4n) is 4.34. The topological polar surface area (TPSA) is 53.4 Å². The summed E-state index contributed by atoms with van der Waals surface area (Å²) in [7, 11) is 0. The number of hydrogen-bond acceptors (Lipinski definition) is 3. The van der Waals surface area contributed by atoms with E-state index in [9.17, 15) is 9.90 Å². The van der Waals surface area contributed by atoms with Crippen LogP contribution >= 0.6 is 0 Å². The van der Waals surface area contributed by atoms with Gasteiger partial charge in [-0.3, -0.25) is 9.78 Å². The molecular formula is C24H26N2O2. The van der Waals surface area contributed by atoms with Crippen molar-refractivity contribution in [3.05, 3.63) is 70.9 Å². The zero-order valence-electron chi connectivity index (χ0n) is 16.5. The predicted octanol–water partition coefficient (Wildman–Crippen LogP) is 4.73. The third-order valence-electron chi connectivity index (χ3n) is 5.86. The zero-order chi connectivity index (χ0) is 19.7. The van der Waals surface area contributed by atoms with Gasteiger partial charge in [0.1, 0.15) is 0 Å².